The van der Waals surface area contributed by atoms with Crippen molar-refractivity contribution in [2.45, 2.75) is 25.2 Å². The van der Waals surface area contributed by atoms with Gasteiger partial charge in [-0.05, 0) is 18.3 Å². The number of rotatable bonds is 3. The predicted octanol–water partition coefficient (Wildman–Crippen LogP) is 1.32. The molecule has 2 rings (SSSR count). The first kappa shape index (κ1) is 16.1. The van der Waals surface area contributed by atoms with E-state index in [4.69, 9.17) is 11.5 Å². The second-order valence-corrected chi connectivity index (χ2v) is 8.76. The van der Waals surface area contributed by atoms with Crippen molar-refractivity contribution >= 4 is 37.8 Å². The van der Waals surface area contributed by atoms with Gasteiger partial charge < -0.3 is 16.4 Å². The van der Waals surface area contributed by atoms with Crippen LogP contribution in [0.3, 0.4) is 0 Å². The average Bonchev–Trinajstić information content (AvgIpc) is 2.70. The first-order valence-electron chi connectivity index (χ1n) is 6.80. The van der Waals surface area contributed by atoms with Crippen molar-refractivity contribution in [3.8, 4) is 0 Å². The monoisotopic (exact) mass is 331 g/mol. The van der Waals surface area contributed by atoms with Gasteiger partial charge in [-0.1, -0.05) is 13.8 Å². The van der Waals surface area contributed by atoms with Gasteiger partial charge in [-0.25, -0.2) is 8.42 Å². The highest BCUT2D eigenvalue weighted by Gasteiger charge is 2.32. The topological polar surface area (TPSA) is 106 Å². The second-order valence-electron chi connectivity index (χ2n) is 5.80. The van der Waals surface area contributed by atoms with Gasteiger partial charge >= 0.3 is 0 Å². The standard InChI is InChI=1S/C13H21N3O3S2/c1-7-4-5-16(6-8(7)2)13-11(21(3,18)19)9(14)10(20-13)12(15)17/h7-8H,4-6,14H2,1-3H3,(H2,15,17). The molecule has 0 aromatic carbocycles. The van der Waals surface area contributed by atoms with Crippen molar-refractivity contribution in [1.82, 2.24) is 0 Å². The fraction of sp³-hybridized carbons (Fsp3) is 0.615. The van der Waals surface area contributed by atoms with E-state index in [9.17, 15) is 13.2 Å². The Morgan fingerprint density at radius 2 is 1.95 bits per heavy atom. The van der Waals surface area contributed by atoms with Crippen LogP contribution in [0.2, 0.25) is 0 Å². The molecule has 1 aliphatic heterocycles. The predicted molar refractivity (Wildman–Crippen MR) is 85.5 cm³/mol. The molecule has 21 heavy (non-hydrogen) atoms. The lowest BCUT2D eigenvalue weighted by Crippen LogP contribution is -2.38. The van der Waals surface area contributed by atoms with E-state index in [1.54, 1.807) is 0 Å². The number of sulfone groups is 1. The molecule has 4 N–H and O–H groups in total. The van der Waals surface area contributed by atoms with E-state index >= 15 is 0 Å². The summed E-state index contributed by atoms with van der Waals surface area (Å²) < 4.78 is 24.1. The first-order valence-corrected chi connectivity index (χ1v) is 9.50. The van der Waals surface area contributed by atoms with Gasteiger partial charge in [0.15, 0.2) is 9.84 Å². The van der Waals surface area contributed by atoms with Crippen LogP contribution in [-0.2, 0) is 9.84 Å². The van der Waals surface area contributed by atoms with Gasteiger partial charge in [-0.2, -0.15) is 0 Å². The van der Waals surface area contributed by atoms with Crippen LogP contribution in [-0.4, -0.2) is 33.7 Å². The third-order valence-electron chi connectivity index (χ3n) is 4.10. The van der Waals surface area contributed by atoms with Crippen molar-refractivity contribution in [3.05, 3.63) is 4.88 Å². The maximum atomic E-state index is 12.0. The zero-order valence-corrected chi connectivity index (χ0v) is 14.1. The van der Waals surface area contributed by atoms with Gasteiger partial charge in [0, 0.05) is 19.3 Å². The van der Waals surface area contributed by atoms with Crippen LogP contribution in [0.25, 0.3) is 0 Å². The highest BCUT2D eigenvalue weighted by atomic mass is 32.2. The number of carbonyl (C=O) groups excluding carboxylic acids is 1. The van der Waals surface area contributed by atoms with Crippen LogP contribution < -0.4 is 16.4 Å². The molecule has 2 heterocycles. The molecule has 1 aromatic heterocycles. The maximum absolute atomic E-state index is 12.0. The molecule has 0 saturated carbocycles. The number of amides is 1. The Hall–Kier alpha value is -1.28. The summed E-state index contributed by atoms with van der Waals surface area (Å²) >= 11 is 1.08. The zero-order valence-electron chi connectivity index (χ0n) is 12.4. The summed E-state index contributed by atoms with van der Waals surface area (Å²) in [6.45, 7) is 5.84. The van der Waals surface area contributed by atoms with Gasteiger partial charge in [0.1, 0.15) is 14.8 Å². The van der Waals surface area contributed by atoms with Gasteiger partial charge in [-0.15, -0.1) is 11.3 Å². The molecule has 6 nitrogen and oxygen atoms in total. The van der Waals surface area contributed by atoms with Crippen LogP contribution in [0.5, 0.6) is 0 Å². The summed E-state index contributed by atoms with van der Waals surface area (Å²) in [6, 6.07) is 0. The van der Waals surface area contributed by atoms with Gasteiger partial charge in [0.05, 0.1) is 5.69 Å². The largest absolute Gasteiger partial charge is 0.396 e. The third-order valence-corrected chi connectivity index (χ3v) is 6.66. The summed E-state index contributed by atoms with van der Waals surface area (Å²) in [5, 5.41) is 0.544. The molecular formula is C13H21N3O3S2. The van der Waals surface area contributed by atoms with E-state index in [0.29, 0.717) is 16.8 Å². The molecule has 118 valence electrons. The van der Waals surface area contributed by atoms with Gasteiger partial charge in [0.2, 0.25) is 0 Å². The Morgan fingerprint density at radius 3 is 2.43 bits per heavy atom. The number of hydrogen-bond donors (Lipinski definition) is 2. The molecule has 8 heteroatoms. The third kappa shape index (κ3) is 3.01. The highest BCUT2D eigenvalue weighted by molar-refractivity contribution is 7.91. The fourth-order valence-electron chi connectivity index (χ4n) is 2.61. The normalized spacial score (nSPS) is 23.3. The Bertz CT molecular complexity index is 666. The second kappa shape index (κ2) is 5.49. The van der Waals surface area contributed by atoms with Crippen LogP contribution in [0, 0.1) is 11.8 Å². The summed E-state index contributed by atoms with van der Waals surface area (Å²) in [7, 11) is -3.52. The van der Waals surface area contributed by atoms with Crippen molar-refractivity contribution in [3.63, 3.8) is 0 Å². The average molecular weight is 331 g/mol. The van der Waals surface area contributed by atoms with E-state index in [-0.39, 0.29) is 15.5 Å². The highest BCUT2D eigenvalue weighted by Crippen LogP contribution is 2.43. The van der Waals surface area contributed by atoms with Crippen LogP contribution in [0.1, 0.15) is 29.9 Å². The number of hydrogen-bond acceptors (Lipinski definition) is 6. The summed E-state index contributed by atoms with van der Waals surface area (Å²) in [5.74, 6) is 0.356. The van der Waals surface area contributed by atoms with Crippen LogP contribution in [0.15, 0.2) is 4.90 Å². The molecule has 0 aliphatic carbocycles. The zero-order chi connectivity index (χ0) is 15.9. The summed E-state index contributed by atoms with van der Waals surface area (Å²) in [5.41, 5.74) is 11.1. The number of nitrogens with zero attached hydrogens (tertiary/aromatic N) is 1. The van der Waals surface area contributed by atoms with Crippen LogP contribution in [0.4, 0.5) is 10.7 Å². The van der Waals surface area contributed by atoms with E-state index in [1.807, 2.05) is 4.90 Å². The molecule has 2 unspecified atom stereocenters. The lowest BCUT2D eigenvalue weighted by Gasteiger charge is -2.36. The number of nitrogens with two attached hydrogens (primary N) is 2. The maximum Gasteiger partial charge on any atom is 0.261 e. The number of piperidine rings is 1. The lowest BCUT2D eigenvalue weighted by atomic mass is 9.89. The molecule has 1 aliphatic rings. The summed E-state index contributed by atoms with van der Waals surface area (Å²) in [4.78, 5) is 13.6. The molecule has 1 aromatic rings. The minimum absolute atomic E-state index is 0.0173. The number of thiophene rings is 1. The van der Waals surface area contributed by atoms with E-state index in [2.05, 4.69) is 13.8 Å². The van der Waals surface area contributed by atoms with Gasteiger partial charge in [0.25, 0.3) is 5.91 Å². The number of anilines is 2. The van der Waals surface area contributed by atoms with Crippen molar-refractivity contribution in [2.24, 2.45) is 17.6 Å². The first-order chi connectivity index (χ1) is 9.62. The Morgan fingerprint density at radius 1 is 1.33 bits per heavy atom. The smallest absolute Gasteiger partial charge is 0.261 e. The Kier molecular flexibility index (Phi) is 4.21. The van der Waals surface area contributed by atoms with Crippen molar-refractivity contribution < 1.29 is 13.2 Å². The Labute approximate surface area is 129 Å². The molecule has 1 fully saturated rings. The number of nitrogen functional groups attached to an aromatic ring is 1. The number of primary amides is 1. The molecule has 1 amide bonds. The number of carbonyl (C=O) groups is 1. The minimum Gasteiger partial charge on any atom is -0.396 e. The Balaban J connectivity index is 2.53. The van der Waals surface area contributed by atoms with E-state index in [0.717, 1.165) is 37.1 Å². The van der Waals surface area contributed by atoms with E-state index < -0.39 is 15.7 Å². The molecule has 0 spiro atoms. The van der Waals surface area contributed by atoms with Crippen LogP contribution >= 0.6 is 11.3 Å². The minimum atomic E-state index is -3.52. The SMILES string of the molecule is CC1CCN(c2sc(C(N)=O)c(N)c2S(C)(=O)=O)CC1C. The molecule has 2 atom stereocenters. The van der Waals surface area contributed by atoms with Crippen molar-refractivity contribution in [2.75, 3.05) is 30.0 Å². The molecule has 1 saturated heterocycles. The fourth-order valence-corrected chi connectivity index (χ4v) is 5.21. The molecule has 0 bridgehead atoms. The lowest BCUT2D eigenvalue weighted by molar-refractivity contribution is 0.100. The van der Waals surface area contributed by atoms with Crippen molar-refractivity contribution in [1.29, 1.82) is 0 Å². The van der Waals surface area contributed by atoms with E-state index in [1.165, 1.54) is 0 Å². The molecule has 0 radical (unpaired) electrons. The van der Waals surface area contributed by atoms with Gasteiger partial charge in [-0.3, -0.25) is 4.79 Å². The summed E-state index contributed by atoms with van der Waals surface area (Å²) in [6.07, 6.45) is 2.09. The quantitative estimate of drug-likeness (QED) is 0.868. The molecular weight excluding hydrogens is 310 g/mol.